The van der Waals surface area contributed by atoms with Gasteiger partial charge in [0.1, 0.15) is 12.4 Å². The minimum Gasteiger partial charge on any atom is -0.488 e. The molecule has 7 heteroatoms. The molecule has 29 heavy (non-hydrogen) atoms. The number of hydrazone groups is 1. The van der Waals surface area contributed by atoms with Crippen molar-refractivity contribution in [2.45, 2.75) is 13.2 Å². The molecule has 0 bridgehead atoms. The fraction of sp³-hybridized carbons (Fsp3) is 0.0909. The minimum absolute atomic E-state index is 0.320. The van der Waals surface area contributed by atoms with Crippen LogP contribution in [-0.2, 0) is 13.2 Å². The summed E-state index contributed by atoms with van der Waals surface area (Å²) in [4.78, 5) is 0. The smallest absolute Gasteiger partial charge is 0.128 e. The van der Waals surface area contributed by atoms with Gasteiger partial charge in [0.2, 0.25) is 0 Å². The quantitative estimate of drug-likeness (QED) is 0.347. The van der Waals surface area contributed by atoms with Crippen molar-refractivity contribution in [3.8, 4) is 11.8 Å². The van der Waals surface area contributed by atoms with Crippen molar-refractivity contribution in [1.82, 2.24) is 5.43 Å². The van der Waals surface area contributed by atoms with Crippen LogP contribution in [0.15, 0.2) is 65.8 Å². The Morgan fingerprint density at radius 3 is 2.52 bits per heavy atom. The predicted octanol–water partition coefficient (Wildman–Crippen LogP) is 6.22. The first-order valence-electron chi connectivity index (χ1n) is 8.67. The van der Waals surface area contributed by atoms with E-state index in [9.17, 15) is 0 Å². The highest BCUT2D eigenvalue weighted by Gasteiger charge is 2.06. The highest BCUT2D eigenvalue weighted by molar-refractivity contribution is 6.36. The molecule has 1 N–H and O–H groups in total. The first-order chi connectivity index (χ1) is 14.1. The fourth-order valence-corrected chi connectivity index (χ4v) is 3.30. The van der Waals surface area contributed by atoms with Crippen molar-refractivity contribution >= 4 is 41.0 Å². The maximum atomic E-state index is 9.01. The van der Waals surface area contributed by atoms with Crippen molar-refractivity contribution in [2.75, 3.05) is 0 Å². The van der Waals surface area contributed by atoms with Crippen molar-refractivity contribution in [1.29, 1.82) is 5.26 Å². The number of benzene rings is 3. The third kappa shape index (κ3) is 5.88. The van der Waals surface area contributed by atoms with Gasteiger partial charge in [0.05, 0.1) is 24.4 Å². The zero-order valence-electron chi connectivity index (χ0n) is 15.2. The number of hydrogen-bond donors (Lipinski definition) is 1. The number of nitrogens with zero attached hydrogens (tertiary/aromatic N) is 2. The van der Waals surface area contributed by atoms with Gasteiger partial charge in [-0.05, 0) is 48.0 Å². The van der Waals surface area contributed by atoms with Crippen LogP contribution in [0.5, 0.6) is 5.75 Å². The SMILES string of the molecule is N#Cc1cccc(COc2ccc(Cl)cc2/C=N/NCc2c(Cl)cccc2Cl)c1. The maximum Gasteiger partial charge on any atom is 0.128 e. The zero-order chi connectivity index (χ0) is 20.6. The van der Waals surface area contributed by atoms with Crippen molar-refractivity contribution in [3.63, 3.8) is 0 Å². The Morgan fingerprint density at radius 1 is 1.00 bits per heavy atom. The molecule has 3 aromatic rings. The number of ether oxygens (including phenoxy) is 1. The molecular weight excluding hydrogens is 429 g/mol. The van der Waals surface area contributed by atoms with Crippen LogP contribution in [0.4, 0.5) is 0 Å². The van der Waals surface area contributed by atoms with E-state index in [-0.39, 0.29) is 0 Å². The Bertz CT molecular complexity index is 1060. The monoisotopic (exact) mass is 443 g/mol. The lowest BCUT2D eigenvalue weighted by Crippen LogP contribution is -2.07. The third-order valence-corrected chi connectivity index (χ3v) is 4.98. The maximum absolute atomic E-state index is 9.01. The molecule has 0 amide bonds. The fourth-order valence-electron chi connectivity index (χ4n) is 2.58. The minimum atomic E-state index is 0.320. The van der Waals surface area contributed by atoms with E-state index in [2.05, 4.69) is 16.6 Å². The second kappa shape index (κ2) is 10.2. The van der Waals surface area contributed by atoms with Gasteiger partial charge in [0.15, 0.2) is 0 Å². The van der Waals surface area contributed by atoms with Crippen LogP contribution < -0.4 is 10.2 Å². The molecule has 0 saturated heterocycles. The van der Waals surface area contributed by atoms with Crippen molar-refractivity contribution in [3.05, 3.63) is 98.0 Å². The van der Waals surface area contributed by atoms with Gasteiger partial charge in [-0.2, -0.15) is 10.4 Å². The highest BCUT2D eigenvalue weighted by atomic mass is 35.5. The number of hydrogen-bond acceptors (Lipinski definition) is 4. The summed E-state index contributed by atoms with van der Waals surface area (Å²) < 4.78 is 5.90. The van der Waals surface area contributed by atoms with E-state index >= 15 is 0 Å². The number of nitriles is 1. The van der Waals surface area contributed by atoms with Crippen LogP contribution in [-0.4, -0.2) is 6.21 Å². The molecular formula is C22H16Cl3N3O. The van der Waals surface area contributed by atoms with Gasteiger partial charge < -0.3 is 10.2 Å². The summed E-state index contributed by atoms with van der Waals surface area (Å²) >= 11 is 18.4. The topological polar surface area (TPSA) is 57.4 Å². The molecule has 146 valence electrons. The summed E-state index contributed by atoms with van der Waals surface area (Å²) in [6.07, 6.45) is 1.62. The molecule has 0 fully saturated rings. The van der Waals surface area contributed by atoms with E-state index in [0.29, 0.717) is 45.1 Å². The van der Waals surface area contributed by atoms with Gasteiger partial charge in [-0.15, -0.1) is 0 Å². The van der Waals surface area contributed by atoms with E-state index < -0.39 is 0 Å². The molecule has 3 rings (SSSR count). The van der Waals surface area contributed by atoms with Crippen LogP contribution >= 0.6 is 34.8 Å². The second-order valence-electron chi connectivity index (χ2n) is 6.08. The summed E-state index contributed by atoms with van der Waals surface area (Å²) in [5.74, 6) is 0.623. The Morgan fingerprint density at radius 2 is 1.76 bits per heavy atom. The lowest BCUT2D eigenvalue weighted by molar-refractivity contribution is 0.306. The summed E-state index contributed by atoms with van der Waals surface area (Å²) in [6, 6.07) is 20.0. The molecule has 0 heterocycles. The van der Waals surface area contributed by atoms with Gasteiger partial charge in [0, 0.05) is 26.2 Å². The van der Waals surface area contributed by atoms with Gasteiger partial charge in [-0.1, -0.05) is 53.0 Å². The summed E-state index contributed by atoms with van der Waals surface area (Å²) in [5.41, 5.74) is 5.90. The van der Waals surface area contributed by atoms with Crippen LogP contribution in [0, 0.1) is 11.3 Å². The highest BCUT2D eigenvalue weighted by Crippen LogP contribution is 2.24. The molecule has 0 unspecified atom stereocenters. The zero-order valence-corrected chi connectivity index (χ0v) is 17.5. The largest absolute Gasteiger partial charge is 0.488 e. The van der Waals surface area contributed by atoms with Gasteiger partial charge in [0.25, 0.3) is 0 Å². The summed E-state index contributed by atoms with van der Waals surface area (Å²) in [7, 11) is 0. The number of halogens is 3. The molecule has 0 atom stereocenters. The second-order valence-corrected chi connectivity index (χ2v) is 7.33. The predicted molar refractivity (Wildman–Crippen MR) is 118 cm³/mol. The Labute approximate surface area is 184 Å². The Kier molecular flexibility index (Phi) is 7.37. The van der Waals surface area contributed by atoms with Crippen LogP contribution in [0.2, 0.25) is 15.1 Å². The van der Waals surface area contributed by atoms with E-state index in [1.165, 1.54) is 0 Å². The van der Waals surface area contributed by atoms with E-state index in [1.807, 2.05) is 12.1 Å². The van der Waals surface area contributed by atoms with Gasteiger partial charge in [-0.3, -0.25) is 0 Å². The average Bonchev–Trinajstić information content (AvgIpc) is 2.72. The first kappa shape index (κ1) is 21.0. The molecule has 3 aromatic carbocycles. The lowest BCUT2D eigenvalue weighted by atomic mass is 10.1. The standard InChI is InChI=1S/C22H16Cl3N3O/c23-18-7-8-22(29-14-16-4-1-3-15(9-16)11-26)17(10-18)12-27-28-13-19-20(24)5-2-6-21(19)25/h1-10,12,28H,13-14H2/b27-12+. The molecule has 4 nitrogen and oxygen atoms in total. The Balaban J connectivity index is 1.68. The van der Waals surface area contributed by atoms with Gasteiger partial charge >= 0.3 is 0 Å². The molecule has 0 aliphatic rings. The molecule has 0 radical (unpaired) electrons. The Hall–Kier alpha value is -2.71. The number of rotatable bonds is 7. The molecule has 0 spiro atoms. The molecule has 0 aromatic heterocycles. The first-order valence-corrected chi connectivity index (χ1v) is 9.80. The third-order valence-electron chi connectivity index (χ3n) is 4.03. The summed E-state index contributed by atoms with van der Waals surface area (Å²) in [6.45, 7) is 0.702. The number of nitrogens with one attached hydrogen (secondary N) is 1. The van der Waals surface area contributed by atoms with Gasteiger partial charge in [-0.25, -0.2) is 0 Å². The van der Waals surface area contributed by atoms with Crippen molar-refractivity contribution in [2.24, 2.45) is 5.10 Å². The van der Waals surface area contributed by atoms with E-state index in [4.69, 9.17) is 44.8 Å². The van der Waals surface area contributed by atoms with Crippen LogP contribution in [0.1, 0.15) is 22.3 Å². The van der Waals surface area contributed by atoms with E-state index in [1.54, 1.807) is 54.7 Å². The average molecular weight is 445 g/mol. The van der Waals surface area contributed by atoms with E-state index in [0.717, 1.165) is 11.1 Å². The van der Waals surface area contributed by atoms with Crippen LogP contribution in [0.3, 0.4) is 0 Å². The van der Waals surface area contributed by atoms with Crippen molar-refractivity contribution < 1.29 is 4.74 Å². The normalized spacial score (nSPS) is 10.7. The molecule has 0 aliphatic heterocycles. The molecule has 0 saturated carbocycles. The lowest BCUT2D eigenvalue weighted by Gasteiger charge is -2.10. The van der Waals surface area contributed by atoms with Crippen LogP contribution in [0.25, 0.3) is 0 Å². The summed E-state index contributed by atoms with van der Waals surface area (Å²) in [5, 5.41) is 15.0. The molecule has 0 aliphatic carbocycles.